The van der Waals surface area contributed by atoms with E-state index < -0.39 is 19.0 Å². The van der Waals surface area contributed by atoms with Crippen molar-refractivity contribution < 1.29 is 34.8 Å². The molecule has 0 saturated carbocycles. The molecular weight excluding hydrogens is 528 g/mol. The molecule has 0 amide bonds. The average molecular weight is 583 g/mol. The Morgan fingerprint density at radius 2 is 0.825 bits per heavy atom. The minimum absolute atomic E-state index is 0. The molecule has 0 aromatic carbocycles. The van der Waals surface area contributed by atoms with Crippen LogP contribution < -0.4 is 29.2 Å². The van der Waals surface area contributed by atoms with E-state index in [1.165, 1.54) is 13.8 Å². The summed E-state index contributed by atoms with van der Waals surface area (Å²) in [5, 5.41) is 50.8. The molecule has 0 saturated heterocycles. The maximum absolute atomic E-state index is 10.0. The molecule has 40 heavy (non-hydrogen) atoms. The van der Waals surface area contributed by atoms with Crippen molar-refractivity contribution in [1.29, 1.82) is 0 Å². The fourth-order valence-electron chi connectivity index (χ4n) is 1.58. The molecule has 0 unspecified atom stereocenters. The lowest BCUT2D eigenvalue weighted by Gasteiger charge is -1.97. The Labute approximate surface area is 237 Å². The third-order valence-electron chi connectivity index (χ3n) is 3.26. The summed E-state index contributed by atoms with van der Waals surface area (Å²) in [6.07, 6.45) is 1.27. The number of Topliss-reactive ketones (excluding diaryl/α,β-unsaturated/α-hetero) is 3. The quantitative estimate of drug-likeness (QED) is 0.0596. The van der Waals surface area contributed by atoms with Crippen molar-refractivity contribution in [2.75, 3.05) is 26.4 Å². The third-order valence-corrected chi connectivity index (χ3v) is 3.26. The molecule has 0 aliphatic carbocycles. The van der Waals surface area contributed by atoms with Crippen LogP contribution in [0.2, 0.25) is 0 Å². The van der Waals surface area contributed by atoms with Crippen molar-refractivity contribution in [3.63, 3.8) is 0 Å². The third kappa shape index (κ3) is 51.2. The smallest absolute Gasteiger partial charge is 0.183 e. The van der Waals surface area contributed by atoms with Crippen molar-refractivity contribution >= 4 is 45.9 Å². The number of ketones is 3. The van der Waals surface area contributed by atoms with E-state index in [4.69, 9.17) is 38.0 Å². The molecule has 238 valence electrons. The van der Waals surface area contributed by atoms with Gasteiger partial charge in [-0.05, 0) is 41.5 Å². The van der Waals surface area contributed by atoms with Crippen molar-refractivity contribution in [2.24, 2.45) is 54.7 Å². The SMILES string of the molecule is C.C.CC(=O)CC(C)=O.CC(CC(C)=NN)=NN.CC(CC(C)=NN=C(CO)CO)=NN.NN.O=C(CO)CO. The summed E-state index contributed by atoms with van der Waals surface area (Å²) in [6.45, 7) is 8.31. The number of hydrogen-bond acceptors (Lipinski definition) is 17. The van der Waals surface area contributed by atoms with Gasteiger partial charge in [0.25, 0.3) is 0 Å². The fraction of sp³-hybridized carbons (Fsp3) is 0.652. The van der Waals surface area contributed by atoms with E-state index in [2.05, 4.69) is 37.2 Å². The molecule has 0 heterocycles. The second kappa shape index (κ2) is 40.0. The highest BCUT2D eigenvalue weighted by Gasteiger charge is 1.97. The second-order valence-electron chi connectivity index (χ2n) is 7.20. The van der Waals surface area contributed by atoms with Crippen LogP contribution >= 0.6 is 0 Å². The van der Waals surface area contributed by atoms with Crippen LogP contribution in [0.1, 0.15) is 75.7 Å². The van der Waals surface area contributed by atoms with Gasteiger partial charge in [0.1, 0.15) is 24.8 Å². The zero-order valence-electron chi connectivity index (χ0n) is 23.1. The molecule has 0 aromatic heterocycles. The van der Waals surface area contributed by atoms with Gasteiger partial charge in [0, 0.05) is 35.7 Å². The van der Waals surface area contributed by atoms with Crippen LogP contribution in [0.25, 0.3) is 0 Å². The van der Waals surface area contributed by atoms with Gasteiger partial charge in [-0.25, -0.2) is 0 Å². The van der Waals surface area contributed by atoms with Crippen LogP contribution in [-0.2, 0) is 14.4 Å². The second-order valence-corrected chi connectivity index (χ2v) is 7.20. The number of aliphatic hydroxyl groups is 4. The summed E-state index contributed by atoms with van der Waals surface area (Å²) in [5.74, 6) is 22.3. The maximum Gasteiger partial charge on any atom is 0.183 e. The molecule has 0 aliphatic heterocycles. The molecule has 0 aliphatic rings. The van der Waals surface area contributed by atoms with Gasteiger partial charge in [0.2, 0.25) is 0 Å². The number of nitrogens with two attached hydrogens (primary N) is 5. The molecule has 0 rings (SSSR count). The molecule has 0 bridgehead atoms. The highest BCUT2D eigenvalue weighted by atomic mass is 16.3. The normalized spacial score (nSPS) is 10.5. The Balaban J connectivity index is -0.0000000735. The molecular formula is C23H54N10O7. The largest absolute Gasteiger partial charge is 0.390 e. The van der Waals surface area contributed by atoms with Gasteiger partial charge in [-0.15, -0.1) is 0 Å². The number of hydrazine groups is 1. The first-order valence-corrected chi connectivity index (χ1v) is 10.8. The van der Waals surface area contributed by atoms with Gasteiger partial charge in [0.15, 0.2) is 5.78 Å². The first-order valence-electron chi connectivity index (χ1n) is 10.8. The van der Waals surface area contributed by atoms with Gasteiger partial charge in [-0.1, -0.05) is 14.9 Å². The Hall–Kier alpha value is -3.48. The van der Waals surface area contributed by atoms with E-state index in [0.717, 1.165) is 22.8 Å². The first kappa shape index (κ1) is 52.9. The summed E-state index contributed by atoms with van der Waals surface area (Å²) < 4.78 is 0. The lowest BCUT2D eigenvalue weighted by atomic mass is 10.2. The average Bonchev–Trinajstić information content (AvgIpc) is 2.89. The van der Waals surface area contributed by atoms with Gasteiger partial charge in [-0.2, -0.15) is 25.5 Å². The van der Waals surface area contributed by atoms with Crippen LogP contribution in [0.15, 0.2) is 25.5 Å². The standard InChI is InChI=1S/C8H16N4O2.C5H12N4.C5H8O2.C3H6O3.2CH4.H4N2/c1-6(10-9)3-7(2)11-12-8(4-13)5-14;1-4(8-6)3-5(2)9-7;1-4(6)3-5(2)7;4-1-3(6)2-5;;;1-2/h13-14H,3-5,9H2,1-2H3;3,6-7H2,1-2H3;3H2,1-2H3;4-5H,1-2H2;2*1H4;1-2H2. The van der Waals surface area contributed by atoms with Crippen LogP contribution in [-0.4, -0.2) is 92.8 Å². The number of carbonyl (C=O) groups excluding carboxylic acids is 3. The zero-order chi connectivity index (χ0) is 31.1. The van der Waals surface area contributed by atoms with E-state index in [9.17, 15) is 14.4 Å². The van der Waals surface area contributed by atoms with E-state index in [-0.39, 0.29) is 51.8 Å². The Morgan fingerprint density at radius 3 is 1.00 bits per heavy atom. The summed E-state index contributed by atoms with van der Waals surface area (Å²) in [6, 6.07) is 0. The van der Waals surface area contributed by atoms with E-state index in [0.29, 0.717) is 12.8 Å². The minimum atomic E-state index is -0.559. The number of rotatable bonds is 11. The zero-order valence-corrected chi connectivity index (χ0v) is 23.1. The lowest BCUT2D eigenvalue weighted by Crippen LogP contribution is -2.09. The molecule has 0 aromatic rings. The number of carbonyl (C=O) groups is 3. The van der Waals surface area contributed by atoms with Gasteiger partial charge < -0.3 is 38.0 Å². The Kier molecular flexibility index (Phi) is 52.9. The molecule has 0 fully saturated rings. The predicted molar refractivity (Wildman–Crippen MR) is 163 cm³/mol. The summed E-state index contributed by atoms with van der Waals surface area (Å²) in [4.78, 5) is 29.7. The molecule has 0 atom stereocenters. The predicted octanol–water partition coefficient (Wildman–Crippen LogP) is -1.26. The number of hydrazone groups is 3. The van der Waals surface area contributed by atoms with Crippen molar-refractivity contribution in [3.8, 4) is 0 Å². The van der Waals surface area contributed by atoms with Gasteiger partial charge >= 0.3 is 0 Å². The van der Waals surface area contributed by atoms with Gasteiger partial charge in [-0.3, -0.25) is 26.1 Å². The lowest BCUT2D eigenvalue weighted by molar-refractivity contribution is -0.125. The first-order chi connectivity index (χ1) is 17.8. The highest BCUT2D eigenvalue weighted by molar-refractivity contribution is 6.02. The van der Waals surface area contributed by atoms with Crippen LogP contribution in [0.3, 0.4) is 0 Å². The molecule has 0 spiro atoms. The maximum atomic E-state index is 10.0. The number of aliphatic hydroxyl groups excluding tert-OH is 4. The summed E-state index contributed by atoms with van der Waals surface area (Å²) >= 11 is 0. The number of nitrogens with zero attached hydrogens (tertiary/aromatic N) is 5. The van der Waals surface area contributed by atoms with Crippen LogP contribution in [0.5, 0.6) is 0 Å². The van der Waals surface area contributed by atoms with Crippen LogP contribution in [0, 0.1) is 0 Å². The van der Waals surface area contributed by atoms with Crippen molar-refractivity contribution in [3.05, 3.63) is 0 Å². The Morgan fingerprint density at radius 1 is 0.525 bits per heavy atom. The van der Waals surface area contributed by atoms with Crippen molar-refractivity contribution in [2.45, 2.75) is 75.7 Å². The van der Waals surface area contributed by atoms with Crippen molar-refractivity contribution in [1.82, 2.24) is 0 Å². The van der Waals surface area contributed by atoms with E-state index in [1.807, 2.05) is 13.8 Å². The summed E-state index contributed by atoms with van der Waals surface area (Å²) in [7, 11) is 0. The Bertz CT molecular complexity index is 757. The van der Waals surface area contributed by atoms with Crippen LogP contribution in [0.4, 0.5) is 0 Å². The fourth-order valence-corrected chi connectivity index (χ4v) is 1.58. The van der Waals surface area contributed by atoms with E-state index >= 15 is 0 Å². The summed E-state index contributed by atoms with van der Waals surface area (Å²) in [5.41, 5.74) is 3.36. The minimum Gasteiger partial charge on any atom is -0.390 e. The van der Waals surface area contributed by atoms with Gasteiger partial charge in [0.05, 0.1) is 25.3 Å². The molecule has 0 radical (unpaired) electrons. The molecule has 17 nitrogen and oxygen atoms in total. The highest BCUT2D eigenvalue weighted by Crippen LogP contribution is 1.91. The topological polar surface area (TPSA) is 324 Å². The molecule has 14 N–H and O–H groups in total. The van der Waals surface area contributed by atoms with E-state index in [1.54, 1.807) is 13.8 Å². The monoisotopic (exact) mass is 582 g/mol. The number of hydrogen-bond donors (Lipinski definition) is 9. The molecule has 17 heteroatoms.